The number of ketones is 1. The van der Waals surface area contributed by atoms with Crippen LogP contribution in [0.25, 0.3) is 0 Å². The molecular weight excluding hydrogens is 277 g/mol. The number of nitrogen functional groups attached to an aromatic ring is 1. The molecule has 0 unspecified atom stereocenters. The highest BCUT2D eigenvalue weighted by molar-refractivity contribution is 9.10. The van der Waals surface area contributed by atoms with Crippen molar-refractivity contribution in [1.82, 2.24) is 0 Å². The first-order chi connectivity index (χ1) is 6.06. The van der Waals surface area contributed by atoms with Gasteiger partial charge in [0.25, 0.3) is 0 Å². The highest BCUT2D eigenvalue weighted by Gasteiger charge is 2.11. The average molecular weight is 283 g/mol. The number of nitrogens with two attached hydrogens (primary N) is 1. The molecule has 5 heteroatoms. The van der Waals surface area contributed by atoms with E-state index < -0.39 is 0 Å². The smallest absolute Gasteiger partial charge is 0.179 e. The number of halogens is 3. The van der Waals surface area contributed by atoms with E-state index in [0.717, 1.165) is 0 Å². The Morgan fingerprint density at radius 3 is 2.69 bits per heavy atom. The zero-order valence-corrected chi connectivity index (χ0v) is 9.58. The maximum absolute atomic E-state index is 11.2. The van der Waals surface area contributed by atoms with E-state index in [-0.39, 0.29) is 11.7 Å². The Balaban J connectivity index is 3.28. The third kappa shape index (κ3) is 2.36. The fraction of sp³-hybridized carbons (Fsp3) is 0.125. The number of anilines is 1. The lowest BCUT2D eigenvalue weighted by molar-refractivity contribution is 0.102. The van der Waals surface area contributed by atoms with Crippen LogP contribution in [-0.4, -0.2) is 11.7 Å². The summed E-state index contributed by atoms with van der Waals surface area (Å²) in [6.07, 6.45) is 0. The predicted octanol–water partition coefficient (Wildman–Crippen LogP) is 3.11. The topological polar surface area (TPSA) is 43.1 Å². The van der Waals surface area contributed by atoms with Gasteiger partial charge in [-0.2, -0.15) is 0 Å². The number of hydrogen-bond acceptors (Lipinski definition) is 2. The van der Waals surface area contributed by atoms with Crippen molar-refractivity contribution in [3.63, 3.8) is 0 Å². The van der Waals surface area contributed by atoms with Crippen LogP contribution >= 0.6 is 39.1 Å². The SMILES string of the molecule is Nc1c(Br)cc(Cl)cc1C(=O)CCl. The lowest BCUT2D eigenvalue weighted by Gasteiger charge is -2.05. The van der Waals surface area contributed by atoms with Gasteiger partial charge in [0.15, 0.2) is 5.78 Å². The Morgan fingerprint density at radius 1 is 1.54 bits per heavy atom. The van der Waals surface area contributed by atoms with E-state index in [4.69, 9.17) is 28.9 Å². The molecule has 0 aromatic heterocycles. The predicted molar refractivity (Wildman–Crippen MR) is 58.6 cm³/mol. The number of carbonyl (C=O) groups excluding carboxylic acids is 1. The van der Waals surface area contributed by atoms with Crippen molar-refractivity contribution in [3.05, 3.63) is 27.2 Å². The van der Waals surface area contributed by atoms with Gasteiger partial charge in [0, 0.05) is 15.1 Å². The summed E-state index contributed by atoms with van der Waals surface area (Å²) in [4.78, 5) is 11.2. The van der Waals surface area contributed by atoms with Crippen molar-refractivity contribution < 1.29 is 4.79 Å². The molecule has 0 bridgehead atoms. The van der Waals surface area contributed by atoms with Gasteiger partial charge in [-0.15, -0.1) is 11.6 Å². The summed E-state index contributed by atoms with van der Waals surface area (Å²) in [6, 6.07) is 3.13. The maximum Gasteiger partial charge on any atom is 0.179 e. The summed E-state index contributed by atoms with van der Waals surface area (Å²) in [5.41, 5.74) is 6.37. The van der Waals surface area contributed by atoms with Gasteiger partial charge in [-0.05, 0) is 28.1 Å². The fourth-order valence-electron chi connectivity index (χ4n) is 0.887. The fourth-order valence-corrected chi connectivity index (χ4v) is 1.84. The quantitative estimate of drug-likeness (QED) is 0.515. The van der Waals surface area contributed by atoms with Gasteiger partial charge in [-0.3, -0.25) is 4.79 Å². The van der Waals surface area contributed by atoms with Gasteiger partial charge < -0.3 is 5.73 Å². The molecule has 0 aliphatic carbocycles. The van der Waals surface area contributed by atoms with Crippen LogP contribution in [0, 0.1) is 0 Å². The standard InChI is InChI=1S/C8H6BrCl2NO/c9-6-2-4(11)1-5(8(6)12)7(13)3-10/h1-2H,3,12H2. The van der Waals surface area contributed by atoms with E-state index in [1.165, 1.54) is 6.07 Å². The Morgan fingerprint density at radius 2 is 2.15 bits per heavy atom. The first kappa shape index (κ1) is 10.8. The van der Waals surface area contributed by atoms with Crippen LogP contribution in [0.15, 0.2) is 16.6 Å². The van der Waals surface area contributed by atoms with Crippen LogP contribution in [0.5, 0.6) is 0 Å². The van der Waals surface area contributed by atoms with Gasteiger partial charge in [0.1, 0.15) is 0 Å². The molecule has 1 rings (SSSR count). The highest BCUT2D eigenvalue weighted by atomic mass is 79.9. The molecule has 0 atom stereocenters. The summed E-state index contributed by atoms with van der Waals surface area (Å²) in [5.74, 6) is -0.334. The molecule has 0 heterocycles. The molecule has 0 radical (unpaired) electrons. The van der Waals surface area contributed by atoms with Crippen LogP contribution in [0.2, 0.25) is 5.02 Å². The summed E-state index contributed by atoms with van der Waals surface area (Å²) >= 11 is 14.3. The minimum Gasteiger partial charge on any atom is -0.397 e. The Labute approximate surface area is 94.1 Å². The Hall–Kier alpha value is -0.250. The van der Waals surface area contributed by atoms with Crippen LogP contribution in [0.1, 0.15) is 10.4 Å². The van der Waals surface area contributed by atoms with Gasteiger partial charge in [-0.1, -0.05) is 11.6 Å². The molecule has 0 aliphatic rings. The zero-order valence-electron chi connectivity index (χ0n) is 6.48. The molecule has 2 nitrogen and oxygen atoms in total. The number of hydrogen-bond donors (Lipinski definition) is 1. The molecule has 70 valence electrons. The third-order valence-electron chi connectivity index (χ3n) is 1.52. The van der Waals surface area contributed by atoms with Gasteiger partial charge >= 0.3 is 0 Å². The molecule has 0 aliphatic heterocycles. The first-order valence-electron chi connectivity index (χ1n) is 3.40. The van der Waals surface area contributed by atoms with E-state index >= 15 is 0 Å². The van der Waals surface area contributed by atoms with Crippen LogP contribution < -0.4 is 5.73 Å². The van der Waals surface area contributed by atoms with E-state index in [9.17, 15) is 4.79 Å². The van der Waals surface area contributed by atoms with Crippen LogP contribution in [-0.2, 0) is 0 Å². The maximum atomic E-state index is 11.2. The zero-order chi connectivity index (χ0) is 10.0. The molecule has 0 saturated carbocycles. The summed E-state index contributed by atoms with van der Waals surface area (Å²) in [5, 5.41) is 0.453. The molecule has 0 amide bonds. The molecular formula is C8H6BrCl2NO. The Kier molecular flexibility index (Phi) is 3.59. The number of alkyl halides is 1. The van der Waals surface area contributed by atoms with Gasteiger partial charge in [0.2, 0.25) is 0 Å². The van der Waals surface area contributed by atoms with Crippen molar-refractivity contribution in [2.75, 3.05) is 11.6 Å². The molecule has 0 spiro atoms. The van der Waals surface area contributed by atoms with Crippen LogP contribution in [0.4, 0.5) is 5.69 Å². The normalized spacial score (nSPS) is 10.1. The van der Waals surface area contributed by atoms with Crippen molar-refractivity contribution in [1.29, 1.82) is 0 Å². The van der Waals surface area contributed by atoms with E-state index in [2.05, 4.69) is 15.9 Å². The third-order valence-corrected chi connectivity index (χ3v) is 2.63. The molecule has 2 N–H and O–H groups in total. The second kappa shape index (κ2) is 4.31. The van der Waals surface area contributed by atoms with Gasteiger partial charge in [0.05, 0.1) is 11.6 Å². The lowest BCUT2D eigenvalue weighted by Crippen LogP contribution is -2.05. The van der Waals surface area contributed by atoms with Crippen molar-refractivity contribution >= 4 is 50.6 Å². The lowest BCUT2D eigenvalue weighted by atomic mass is 10.1. The summed E-state index contributed by atoms with van der Waals surface area (Å²) < 4.78 is 0.605. The second-order valence-electron chi connectivity index (χ2n) is 2.41. The summed E-state index contributed by atoms with van der Waals surface area (Å²) in [7, 11) is 0. The van der Waals surface area contributed by atoms with Crippen molar-refractivity contribution in [3.8, 4) is 0 Å². The number of carbonyl (C=O) groups is 1. The van der Waals surface area contributed by atoms with Gasteiger partial charge in [-0.25, -0.2) is 0 Å². The average Bonchev–Trinajstić information content (AvgIpc) is 2.10. The minimum absolute atomic E-state index is 0.100. The van der Waals surface area contributed by atoms with E-state index in [0.29, 0.717) is 20.7 Å². The second-order valence-corrected chi connectivity index (χ2v) is 3.96. The largest absolute Gasteiger partial charge is 0.397 e. The van der Waals surface area contributed by atoms with E-state index in [1.54, 1.807) is 6.07 Å². The summed E-state index contributed by atoms with van der Waals surface area (Å²) in [6.45, 7) is 0. The Bertz CT molecular complexity index is 354. The molecule has 0 fully saturated rings. The minimum atomic E-state index is -0.234. The highest BCUT2D eigenvalue weighted by Crippen LogP contribution is 2.28. The number of benzene rings is 1. The number of rotatable bonds is 2. The molecule has 0 saturated heterocycles. The monoisotopic (exact) mass is 281 g/mol. The molecule has 1 aromatic carbocycles. The molecule has 13 heavy (non-hydrogen) atoms. The number of Topliss-reactive ketones (excluding diaryl/α,β-unsaturated/α-hetero) is 1. The van der Waals surface area contributed by atoms with Crippen LogP contribution in [0.3, 0.4) is 0 Å². The van der Waals surface area contributed by atoms with E-state index in [1.807, 2.05) is 0 Å². The first-order valence-corrected chi connectivity index (χ1v) is 5.10. The van der Waals surface area contributed by atoms with Crippen molar-refractivity contribution in [2.45, 2.75) is 0 Å². The molecule has 1 aromatic rings. The van der Waals surface area contributed by atoms with Crippen molar-refractivity contribution in [2.24, 2.45) is 0 Å².